The van der Waals surface area contributed by atoms with Crippen LogP contribution >= 0.6 is 11.3 Å². The van der Waals surface area contributed by atoms with Gasteiger partial charge in [0.1, 0.15) is 12.1 Å². The molecule has 12 heteroatoms. The maximum absolute atomic E-state index is 14.2. The van der Waals surface area contributed by atoms with Crippen LogP contribution in [0, 0.1) is 22.2 Å². The lowest BCUT2D eigenvalue weighted by Gasteiger charge is -2.36. The predicted octanol–water partition coefficient (Wildman–Crippen LogP) is 2.50. The second kappa shape index (κ2) is 10.8. The Hall–Kier alpha value is -3.02. The molecule has 3 amide bonds. The third-order valence-electron chi connectivity index (χ3n) is 9.06. The van der Waals surface area contributed by atoms with E-state index in [1.807, 2.05) is 20.8 Å². The topological polar surface area (TPSA) is 161 Å². The van der Waals surface area contributed by atoms with Crippen molar-refractivity contribution in [1.29, 1.82) is 0 Å². The summed E-state index contributed by atoms with van der Waals surface area (Å²) < 4.78 is 4.74. The van der Waals surface area contributed by atoms with Crippen LogP contribution in [0.5, 0.6) is 0 Å². The highest BCUT2D eigenvalue weighted by molar-refractivity contribution is 7.13. The number of carbonyl (C=O) groups excluding carboxylic acids is 5. The number of hydrogen-bond acceptors (Lipinski definition) is 9. The lowest BCUT2D eigenvalue weighted by atomic mass is 9.80. The molecule has 1 spiro atoms. The van der Waals surface area contributed by atoms with E-state index in [0.29, 0.717) is 24.5 Å². The molecule has 1 aliphatic heterocycles. The van der Waals surface area contributed by atoms with Gasteiger partial charge >= 0.3 is 5.97 Å². The van der Waals surface area contributed by atoms with Gasteiger partial charge in [-0.1, -0.05) is 53.9 Å². The molecular formula is C28H41N5O6S. The van der Waals surface area contributed by atoms with E-state index in [-0.39, 0.29) is 28.3 Å². The van der Waals surface area contributed by atoms with Crippen molar-refractivity contribution >= 4 is 45.9 Å². The van der Waals surface area contributed by atoms with Crippen molar-refractivity contribution < 1.29 is 28.7 Å². The zero-order chi connectivity index (χ0) is 29.6. The molecule has 0 aromatic carbocycles. The number of nitrogens with one attached hydrogen (secondary N) is 2. The van der Waals surface area contributed by atoms with Crippen molar-refractivity contribution in [2.24, 2.45) is 27.9 Å². The van der Waals surface area contributed by atoms with Crippen molar-refractivity contribution in [2.45, 2.75) is 91.3 Å². The number of anilines is 1. The lowest BCUT2D eigenvalue weighted by molar-refractivity contribution is -0.142. The molecule has 3 aliphatic rings. The fraction of sp³-hybridized carbons (Fsp3) is 0.714. The Morgan fingerprint density at radius 2 is 1.88 bits per heavy atom. The molecule has 0 bridgehead atoms. The Morgan fingerprint density at radius 1 is 1.23 bits per heavy atom. The minimum absolute atomic E-state index is 0.0374. The van der Waals surface area contributed by atoms with Crippen LogP contribution < -0.4 is 16.4 Å². The Kier molecular flexibility index (Phi) is 8.05. The van der Waals surface area contributed by atoms with E-state index in [2.05, 4.69) is 29.5 Å². The van der Waals surface area contributed by atoms with Crippen LogP contribution in [-0.2, 0) is 23.9 Å². The number of nitrogens with two attached hydrogens (primary N) is 1. The van der Waals surface area contributed by atoms with Crippen LogP contribution in [0.1, 0.15) is 83.6 Å². The first kappa shape index (κ1) is 30.0. The fourth-order valence-corrected chi connectivity index (χ4v) is 6.79. The van der Waals surface area contributed by atoms with E-state index >= 15 is 0 Å². The van der Waals surface area contributed by atoms with Gasteiger partial charge in [0, 0.05) is 11.9 Å². The Balaban J connectivity index is 1.58. The van der Waals surface area contributed by atoms with Gasteiger partial charge < -0.3 is 26.0 Å². The van der Waals surface area contributed by atoms with E-state index in [4.69, 9.17) is 10.5 Å². The second-order valence-corrected chi connectivity index (χ2v) is 14.2. The maximum atomic E-state index is 14.2. The average molecular weight is 576 g/mol. The van der Waals surface area contributed by atoms with Gasteiger partial charge in [0.15, 0.2) is 10.8 Å². The number of likely N-dealkylation sites (tertiary alicyclic amines) is 1. The van der Waals surface area contributed by atoms with E-state index in [0.717, 1.165) is 25.7 Å². The smallest absolute Gasteiger partial charge is 0.357 e. The van der Waals surface area contributed by atoms with Gasteiger partial charge in [-0.25, -0.2) is 9.78 Å². The Morgan fingerprint density at radius 3 is 2.38 bits per heavy atom. The number of aromatic nitrogens is 1. The van der Waals surface area contributed by atoms with Gasteiger partial charge in [0.25, 0.3) is 5.91 Å². The summed E-state index contributed by atoms with van der Waals surface area (Å²) in [6.45, 7) is 10.4. The fourth-order valence-electron chi connectivity index (χ4n) is 6.08. The number of ketones is 1. The minimum atomic E-state index is -1.07. The monoisotopic (exact) mass is 575 g/mol. The average Bonchev–Trinajstić information content (AvgIpc) is 3.21. The molecule has 1 aromatic heterocycles. The number of methoxy groups -OCH3 is 1. The van der Waals surface area contributed by atoms with Gasteiger partial charge in [0.2, 0.25) is 17.6 Å². The van der Waals surface area contributed by atoms with Crippen LogP contribution in [-0.4, -0.2) is 71.1 Å². The molecule has 40 heavy (non-hydrogen) atoms. The number of rotatable bonds is 10. The number of hydrogen-bond donors (Lipinski definition) is 3. The number of thiazole rings is 1. The van der Waals surface area contributed by atoms with Crippen LogP contribution in [0.4, 0.5) is 5.13 Å². The van der Waals surface area contributed by atoms with Gasteiger partial charge in [-0.15, -0.1) is 11.3 Å². The van der Waals surface area contributed by atoms with Crippen molar-refractivity contribution in [3.05, 3.63) is 11.1 Å². The largest absolute Gasteiger partial charge is 0.464 e. The maximum Gasteiger partial charge on any atom is 0.357 e. The molecule has 0 radical (unpaired) electrons. The first-order valence-corrected chi connectivity index (χ1v) is 14.7. The highest BCUT2D eigenvalue weighted by Crippen LogP contribution is 2.69. The Bertz CT molecular complexity index is 1200. The number of Topliss-reactive ketones (excluding diaryl/α,β-unsaturated/α-hetero) is 1. The molecule has 2 heterocycles. The van der Waals surface area contributed by atoms with Crippen LogP contribution in [0.3, 0.4) is 0 Å². The molecule has 2 unspecified atom stereocenters. The third kappa shape index (κ3) is 5.87. The molecule has 2 aliphatic carbocycles. The standard InChI is InChI=1S/C28H41N5O6S/c1-26(2,3)20(32-25-31-17(12-40-25)24(38)39-6)23(37)33-14-28(13-27(28,4)5)11-18(33)22(36)30-16(19(34)21(29)35)10-15-8-7-9-15/h12,15-16,18,20H,7-11,13-14H2,1-6H3,(H2,29,35)(H,30,36)(H,31,32)/t16?,18-,20+,28?/m0/s1. The molecule has 4 atom stereocenters. The van der Waals surface area contributed by atoms with Gasteiger partial charge in [0.05, 0.1) is 13.2 Å². The van der Waals surface area contributed by atoms with Crippen LogP contribution in [0.15, 0.2) is 5.38 Å². The minimum Gasteiger partial charge on any atom is -0.464 e. The predicted molar refractivity (Wildman–Crippen MR) is 149 cm³/mol. The summed E-state index contributed by atoms with van der Waals surface area (Å²) in [6, 6.07) is -2.55. The Labute approximate surface area is 239 Å². The molecule has 1 aromatic rings. The van der Waals surface area contributed by atoms with E-state index in [1.165, 1.54) is 18.4 Å². The summed E-state index contributed by atoms with van der Waals surface area (Å²) in [5.41, 5.74) is 4.64. The highest BCUT2D eigenvalue weighted by Gasteiger charge is 2.67. The van der Waals surface area contributed by atoms with Crippen LogP contribution in [0.2, 0.25) is 0 Å². The summed E-state index contributed by atoms with van der Waals surface area (Å²) in [7, 11) is 1.28. The lowest BCUT2D eigenvalue weighted by Crippen LogP contribution is -2.56. The molecule has 2 saturated carbocycles. The number of nitrogens with zero attached hydrogens (tertiary/aromatic N) is 2. The summed E-state index contributed by atoms with van der Waals surface area (Å²) in [6.07, 6.45) is 4.65. The zero-order valence-corrected chi connectivity index (χ0v) is 25.0. The van der Waals surface area contributed by atoms with Crippen molar-refractivity contribution in [3.8, 4) is 0 Å². The molecular weight excluding hydrogens is 534 g/mol. The molecule has 220 valence electrons. The number of amides is 3. The molecule has 4 N–H and O–H groups in total. The quantitative estimate of drug-likeness (QED) is 0.283. The summed E-state index contributed by atoms with van der Waals surface area (Å²) in [5, 5.41) is 7.95. The summed E-state index contributed by atoms with van der Waals surface area (Å²) >= 11 is 1.19. The first-order valence-electron chi connectivity index (χ1n) is 13.8. The van der Waals surface area contributed by atoms with E-state index < -0.39 is 47.1 Å². The van der Waals surface area contributed by atoms with Crippen LogP contribution in [0.25, 0.3) is 0 Å². The number of primary amides is 1. The normalized spacial score (nSPS) is 25.1. The number of ether oxygens (including phenoxy) is 1. The zero-order valence-electron chi connectivity index (χ0n) is 24.2. The SMILES string of the molecule is COC(=O)c1csc(N[C@H](C(=O)N2CC3(C[C@H]2C(=O)NC(CC2CCC2)C(=O)C(N)=O)CC3(C)C)C(C)(C)C)n1. The van der Waals surface area contributed by atoms with Gasteiger partial charge in [-0.3, -0.25) is 19.2 Å². The summed E-state index contributed by atoms with van der Waals surface area (Å²) in [5.74, 6) is -2.90. The molecule has 1 saturated heterocycles. The highest BCUT2D eigenvalue weighted by atomic mass is 32.1. The molecule has 11 nitrogen and oxygen atoms in total. The molecule has 3 fully saturated rings. The summed E-state index contributed by atoms with van der Waals surface area (Å²) in [4.78, 5) is 70.2. The van der Waals surface area contributed by atoms with Crippen molar-refractivity contribution in [2.75, 3.05) is 19.0 Å². The van der Waals surface area contributed by atoms with Gasteiger partial charge in [-0.2, -0.15) is 0 Å². The third-order valence-corrected chi connectivity index (χ3v) is 9.83. The van der Waals surface area contributed by atoms with Crippen molar-refractivity contribution in [3.63, 3.8) is 0 Å². The second-order valence-electron chi connectivity index (χ2n) is 13.3. The van der Waals surface area contributed by atoms with Crippen molar-refractivity contribution in [1.82, 2.24) is 15.2 Å². The van der Waals surface area contributed by atoms with E-state index in [9.17, 15) is 24.0 Å². The van der Waals surface area contributed by atoms with Gasteiger partial charge in [-0.05, 0) is 41.4 Å². The molecule has 4 rings (SSSR count). The number of esters is 1. The first-order chi connectivity index (χ1) is 18.6. The van der Waals surface area contributed by atoms with E-state index in [1.54, 1.807) is 10.3 Å². The number of carbonyl (C=O) groups is 5.